The Morgan fingerprint density at radius 1 is 1.26 bits per heavy atom. The summed E-state index contributed by atoms with van der Waals surface area (Å²) in [4.78, 5) is 13.1. The molecule has 0 aliphatic carbocycles. The van der Waals surface area contributed by atoms with Gasteiger partial charge in [-0.05, 0) is 23.5 Å². The molecule has 0 spiro atoms. The molecule has 0 unspecified atom stereocenters. The van der Waals surface area contributed by atoms with E-state index < -0.39 is 10.1 Å². The van der Waals surface area contributed by atoms with Crippen molar-refractivity contribution in [3.63, 3.8) is 0 Å². The predicted octanol–water partition coefficient (Wildman–Crippen LogP) is 1.89. The maximum Gasteiger partial charge on any atom is 0.331 e. The van der Waals surface area contributed by atoms with Crippen LogP contribution in [0.3, 0.4) is 0 Å². The van der Waals surface area contributed by atoms with Crippen LogP contribution < -0.4 is 11.3 Å². The molecule has 0 saturated carbocycles. The Labute approximate surface area is 138 Å². The molecular weight excluding hydrogens is 318 g/mol. The van der Waals surface area contributed by atoms with Crippen LogP contribution in [0.25, 0.3) is 0 Å². The molecular formula is C15H27N3O4S. The summed E-state index contributed by atoms with van der Waals surface area (Å²) < 4.78 is 25.9. The van der Waals surface area contributed by atoms with Crippen LogP contribution in [-0.2, 0) is 22.1 Å². The highest BCUT2D eigenvalue weighted by molar-refractivity contribution is 7.85. The van der Waals surface area contributed by atoms with Gasteiger partial charge in [0.25, 0.3) is 10.1 Å². The molecule has 132 valence electrons. The van der Waals surface area contributed by atoms with Crippen LogP contribution in [0.4, 0.5) is 4.79 Å². The number of amides is 2. The summed E-state index contributed by atoms with van der Waals surface area (Å²) in [6.45, 7) is 9.68. The van der Waals surface area contributed by atoms with Crippen molar-refractivity contribution < 1.29 is 17.8 Å². The maximum atomic E-state index is 11.5. The molecule has 0 aromatic heterocycles. The third kappa shape index (κ3) is 9.88. The van der Waals surface area contributed by atoms with E-state index in [0.29, 0.717) is 19.3 Å². The van der Waals surface area contributed by atoms with Crippen molar-refractivity contribution in [1.29, 1.82) is 0 Å². The Morgan fingerprint density at radius 2 is 1.70 bits per heavy atom. The first-order valence-corrected chi connectivity index (χ1v) is 9.00. The molecule has 7 nitrogen and oxygen atoms in total. The normalized spacial score (nSPS) is 11.3. The molecule has 0 atom stereocenters. The van der Waals surface area contributed by atoms with Gasteiger partial charge in [-0.25, -0.2) is 10.6 Å². The Balaban J connectivity index is 0.000000841. The van der Waals surface area contributed by atoms with Gasteiger partial charge < -0.3 is 4.90 Å². The Hall–Kier alpha value is -1.64. The summed E-state index contributed by atoms with van der Waals surface area (Å²) in [5, 5.41) is 0. The number of hydrazine groups is 1. The number of urea groups is 1. The molecule has 0 saturated heterocycles. The first kappa shape index (κ1) is 21.4. The fourth-order valence-corrected chi connectivity index (χ4v) is 1.75. The zero-order chi connectivity index (χ0) is 18.3. The molecule has 1 rings (SSSR count). The molecule has 0 fully saturated rings. The van der Waals surface area contributed by atoms with Gasteiger partial charge in [-0.1, -0.05) is 45.0 Å². The Kier molecular flexibility index (Phi) is 8.22. The summed E-state index contributed by atoms with van der Waals surface area (Å²) in [5.41, 5.74) is 4.70. The second-order valence-corrected chi connectivity index (χ2v) is 7.61. The highest BCUT2D eigenvalue weighted by atomic mass is 32.2. The van der Waals surface area contributed by atoms with Crippen molar-refractivity contribution in [2.24, 2.45) is 5.84 Å². The first-order valence-electron chi connectivity index (χ1n) is 7.16. The molecule has 4 N–H and O–H groups in total. The lowest BCUT2D eigenvalue weighted by atomic mass is 9.87. The smallest absolute Gasteiger partial charge is 0.320 e. The van der Waals surface area contributed by atoms with E-state index in [4.69, 9.17) is 10.4 Å². The molecule has 23 heavy (non-hydrogen) atoms. The third-order valence-corrected chi connectivity index (χ3v) is 2.99. The van der Waals surface area contributed by atoms with E-state index >= 15 is 0 Å². The van der Waals surface area contributed by atoms with E-state index in [1.54, 1.807) is 4.90 Å². The molecule has 1 aromatic carbocycles. The fourth-order valence-electron chi connectivity index (χ4n) is 1.75. The van der Waals surface area contributed by atoms with E-state index in [1.807, 2.05) is 6.92 Å². The standard InChI is InChI=1S/C14H23N3O.CH4O3S/c1-5-17(13(18)16-15)10-11-6-8-12(9-7-11)14(2,3)4;1-5(2,3)4/h6-9H,5,10,15H2,1-4H3,(H,16,18);1H3,(H,2,3,4). The number of nitrogens with zero attached hydrogens (tertiary/aromatic N) is 1. The minimum Gasteiger partial charge on any atom is -0.320 e. The SMILES string of the molecule is CCN(Cc1ccc(C(C)(C)C)cc1)C(=O)NN.CS(=O)(=O)O. The van der Waals surface area contributed by atoms with Gasteiger partial charge in [0, 0.05) is 13.1 Å². The van der Waals surface area contributed by atoms with Crippen molar-refractivity contribution in [3.8, 4) is 0 Å². The summed E-state index contributed by atoms with van der Waals surface area (Å²) in [7, 11) is -3.67. The van der Waals surface area contributed by atoms with Crippen LogP contribution in [-0.4, -0.2) is 36.7 Å². The number of nitrogens with two attached hydrogens (primary N) is 1. The minimum absolute atomic E-state index is 0.150. The van der Waals surface area contributed by atoms with Gasteiger partial charge in [0.2, 0.25) is 0 Å². The van der Waals surface area contributed by atoms with Gasteiger partial charge in [0.1, 0.15) is 0 Å². The lowest BCUT2D eigenvalue weighted by Gasteiger charge is -2.22. The molecule has 8 heteroatoms. The van der Waals surface area contributed by atoms with E-state index in [1.165, 1.54) is 5.56 Å². The van der Waals surface area contributed by atoms with Crippen LogP contribution in [0.15, 0.2) is 24.3 Å². The summed E-state index contributed by atoms with van der Waals surface area (Å²) in [6.07, 6.45) is 0.715. The molecule has 0 heterocycles. The topological polar surface area (TPSA) is 113 Å². The van der Waals surface area contributed by atoms with Crippen LogP contribution in [0.2, 0.25) is 0 Å². The highest BCUT2D eigenvalue weighted by Crippen LogP contribution is 2.22. The predicted molar refractivity (Wildman–Crippen MR) is 91.4 cm³/mol. The zero-order valence-electron chi connectivity index (χ0n) is 14.3. The van der Waals surface area contributed by atoms with Gasteiger partial charge in [-0.2, -0.15) is 8.42 Å². The van der Waals surface area contributed by atoms with Crippen molar-refractivity contribution in [3.05, 3.63) is 35.4 Å². The van der Waals surface area contributed by atoms with Crippen LogP contribution in [0.5, 0.6) is 0 Å². The molecule has 1 aromatic rings. The average molecular weight is 345 g/mol. The van der Waals surface area contributed by atoms with Gasteiger partial charge in [-0.3, -0.25) is 9.98 Å². The summed E-state index contributed by atoms with van der Waals surface area (Å²) in [5.74, 6) is 5.14. The fraction of sp³-hybridized carbons (Fsp3) is 0.533. The molecule has 0 aliphatic rings. The molecule has 2 amide bonds. The van der Waals surface area contributed by atoms with Gasteiger partial charge in [0.05, 0.1) is 6.26 Å². The number of benzene rings is 1. The van der Waals surface area contributed by atoms with E-state index in [0.717, 1.165) is 5.56 Å². The van der Waals surface area contributed by atoms with Crippen molar-refractivity contribution in [2.75, 3.05) is 12.8 Å². The Bertz CT molecular complexity index is 584. The number of hydrogen-bond acceptors (Lipinski definition) is 4. The minimum atomic E-state index is -3.67. The van der Waals surface area contributed by atoms with Crippen LogP contribution in [0.1, 0.15) is 38.8 Å². The quantitative estimate of drug-likeness (QED) is 0.335. The number of carbonyl (C=O) groups excluding carboxylic acids is 1. The lowest BCUT2D eigenvalue weighted by Crippen LogP contribution is -2.42. The summed E-state index contributed by atoms with van der Waals surface area (Å²) >= 11 is 0. The molecule has 0 bridgehead atoms. The van der Waals surface area contributed by atoms with Gasteiger partial charge in [-0.15, -0.1) is 0 Å². The zero-order valence-corrected chi connectivity index (χ0v) is 15.1. The largest absolute Gasteiger partial charge is 0.331 e. The number of nitrogens with one attached hydrogen (secondary N) is 1. The van der Waals surface area contributed by atoms with Crippen LogP contribution in [0, 0.1) is 0 Å². The third-order valence-electron chi connectivity index (χ3n) is 2.99. The Morgan fingerprint density at radius 3 is 2.00 bits per heavy atom. The van der Waals surface area contributed by atoms with Crippen molar-refractivity contribution in [2.45, 2.75) is 39.7 Å². The first-order chi connectivity index (χ1) is 10.4. The van der Waals surface area contributed by atoms with Gasteiger partial charge >= 0.3 is 6.03 Å². The number of hydrogen-bond donors (Lipinski definition) is 3. The second-order valence-electron chi connectivity index (χ2n) is 6.14. The second kappa shape index (κ2) is 8.85. The van der Waals surface area contributed by atoms with Crippen LogP contribution >= 0.6 is 0 Å². The van der Waals surface area contributed by atoms with Gasteiger partial charge in [0.15, 0.2) is 0 Å². The maximum absolute atomic E-state index is 11.5. The van der Waals surface area contributed by atoms with Crippen molar-refractivity contribution in [1.82, 2.24) is 10.3 Å². The highest BCUT2D eigenvalue weighted by Gasteiger charge is 2.14. The molecule has 0 radical (unpaired) electrons. The van der Waals surface area contributed by atoms with Crippen molar-refractivity contribution >= 4 is 16.1 Å². The van der Waals surface area contributed by atoms with E-state index in [2.05, 4.69) is 50.5 Å². The van der Waals surface area contributed by atoms with E-state index in [-0.39, 0.29) is 11.4 Å². The lowest BCUT2D eigenvalue weighted by molar-refractivity contribution is 0.198. The number of rotatable bonds is 3. The average Bonchev–Trinajstić information content (AvgIpc) is 2.41. The molecule has 0 aliphatic heterocycles. The number of carbonyl (C=O) groups is 1. The summed E-state index contributed by atoms with van der Waals surface area (Å²) in [6, 6.07) is 8.10. The van der Waals surface area contributed by atoms with E-state index in [9.17, 15) is 13.2 Å². The monoisotopic (exact) mass is 345 g/mol.